The molecular weight excluding hydrogens is 386 g/mol. The molecule has 0 saturated heterocycles. The van der Waals surface area contributed by atoms with Crippen LogP contribution in [-0.2, 0) is 11.3 Å². The summed E-state index contributed by atoms with van der Waals surface area (Å²) < 4.78 is 0. The van der Waals surface area contributed by atoms with Gasteiger partial charge in [0, 0.05) is 16.6 Å². The fraction of sp³-hybridized carbons (Fsp3) is 0.636. The predicted molar refractivity (Wildman–Crippen MR) is 111 cm³/mol. The first-order chi connectivity index (χ1) is 14.0. The summed E-state index contributed by atoms with van der Waals surface area (Å²) in [7, 11) is 0. The maximum Gasteiger partial charge on any atom is 0.243 e. The van der Waals surface area contributed by atoms with Crippen molar-refractivity contribution in [3.8, 4) is 11.4 Å². The largest absolute Gasteiger partial charge is 0.351 e. The molecule has 1 aromatic carbocycles. The molecule has 0 aliphatic heterocycles. The van der Waals surface area contributed by atoms with Crippen molar-refractivity contribution in [3.63, 3.8) is 0 Å². The molecule has 154 valence electrons. The number of amides is 1. The number of carbonyl (C=O) groups is 1. The van der Waals surface area contributed by atoms with Crippen LogP contribution in [0.25, 0.3) is 11.4 Å². The lowest BCUT2D eigenvalue weighted by molar-refractivity contribution is -0.127. The molecule has 4 saturated carbocycles. The van der Waals surface area contributed by atoms with Crippen molar-refractivity contribution in [2.75, 3.05) is 0 Å². The first-order valence-electron chi connectivity index (χ1n) is 10.9. The smallest absolute Gasteiger partial charge is 0.243 e. The van der Waals surface area contributed by atoms with E-state index in [1.807, 2.05) is 12.1 Å². The molecule has 2 aromatic rings. The van der Waals surface area contributed by atoms with Crippen molar-refractivity contribution in [2.24, 2.45) is 23.2 Å². The first kappa shape index (κ1) is 19.0. The molecule has 1 amide bonds. The second kappa shape index (κ2) is 7.38. The summed E-state index contributed by atoms with van der Waals surface area (Å²) >= 11 is 5.93. The minimum Gasteiger partial charge on any atom is -0.351 e. The van der Waals surface area contributed by atoms with E-state index in [0.717, 1.165) is 29.7 Å². The molecule has 1 atom stereocenters. The highest BCUT2D eigenvalue weighted by molar-refractivity contribution is 6.30. The summed E-state index contributed by atoms with van der Waals surface area (Å²) in [4.78, 5) is 14.2. The summed E-state index contributed by atoms with van der Waals surface area (Å²) in [5.41, 5.74) is 1.14. The van der Waals surface area contributed by atoms with Gasteiger partial charge < -0.3 is 5.32 Å². The Hall–Kier alpha value is -1.95. The molecule has 1 aromatic heterocycles. The molecule has 0 spiro atoms. The molecule has 1 heterocycles. The van der Waals surface area contributed by atoms with Crippen LogP contribution in [0.1, 0.15) is 51.9 Å². The van der Waals surface area contributed by atoms with Crippen molar-refractivity contribution >= 4 is 17.5 Å². The highest BCUT2D eigenvalue weighted by Crippen LogP contribution is 2.61. The molecule has 4 fully saturated rings. The zero-order valence-electron chi connectivity index (χ0n) is 16.9. The molecule has 6 rings (SSSR count). The number of nitrogens with zero attached hydrogens (tertiary/aromatic N) is 4. The normalized spacial score (nSPS) is 31.0. The van der Waals surface area contributed by atoms with Gasteiger partial charge in [0.2, 0.25) is 11.7 Å². The summed E-state index contributed by atoms with van der Waals surface area (Å²) in [6.07, 6.45) is 9.11. The van der Waals surface area contributed by atoms with Gasteiger partial charge in [0.25, 0.3) is 0 Å². The van der Waals surface area contributed by atoms with Crippen LogP contribution < -0.4 is 5.32 Å². The minimum absolute atomic E-state index is 0.0207. The number of hydrogen-bond acceptors (Lipinski definition) is 4. The Balaban J connectivity index is 1.25. The zero-order valence-corrected chi connectivity index (χ0v) is 17.6. The van der Waals surface area contributed by atoms with Crippen LogP contribution in [0.15, 0.2) is 24.3 Å². The standard InChI is InChI=1S/C22H28ClN5O/c1-2-19(22-10-14-7-15(11-22)9-16(8-14)12-22)24-20(29)13-28-26-21(25-27-28)17-3-5-18(23)6-4-17/h3-6,14-16,19H,2,7-13H2,1H3,(H,24,29)/t14?,15?,16?,19-,22?/m0/s1. The molecular formula is C22H28ClN5O. The Kier molecular flexibility index (Phi) is 4.85. The summed E-state index contributed by atoms with van der Waals surface area (Å²) in [6, 6.07) is 7.54. The van der Waals surface area contributed by atoms with E-state index in [0.29, 0.717) is 16.3 Å². The van der Waals surface area contributed by atoms with E-state index in [1.165, 1.54) is 43.3 Å². The average Bonchev–Trinajstić information content (AvgIpc) is 3.14. The molecule has 1 N–H and O–H groups in total. The predicted octanol–water partition coefficient (Wildman–Crippen LogP) is 4.10. The Bertz CT molecular complexity index is 858. The van der Waals surface area contributed by atoms with Gasteiger partial charge in [0.05, 0.1) is 0 Å². The number of tetrazole rings is 1. The lowest BCUT2D eigenvalue weighted by Gasteiger charge is -2.59. The summed E-state index contributed by atoms with van der Waals surface area (Å²) in [6.45, 7) is 2.30. The van der Waals surface area contributed by atoms with Crippen LogP contribution in [0.3, 0.4) is 0 Å². The maximum atomic E-state index is 12.8. The lowest BCUT2D eigenvalue weighted by atomic mass is 9.47. The zero-order chi connectivity index (χ0) is 20.0. The third kappa shape index (κ3) is 3.67. The van der Waals surface area contributed by atoms with Gasteiger partial charge in [-0.3, -0.25) is 4.79 Å². The quantitative estimate of drug-likeness (QED) is 0.773. The van der Waals surface area contributed by atoms with Crippen molar-refractivity contribution in [1.29, 1.82) is 0 Å². The average molecular weight is 414 g/mol. The molecule has 29 heavy (non-hydrogen) atoms. The molecule has 4 aliphatic carbocycles. The molecule has 0 unspecified atom stereocenters. The number of benzene rings is 1. The molecule has 6 nitrogen and oxygen atoms in total. The van der Waals surface area contributed by atoms with Gasteiger partial charge in [-0.05, 0) is 97.6 Å². The van der Waals surface area contributed by atoms with Crippen LogP contribution in [0, 0.1) is 23.2 Å². The molecule has 4 bridgehead atoms. The summed E-state index contributed by atoms with van der Waals surface area (Å²) in [5.74, 6) is 3.12. The third-order valence-electron chi connectivity index (χ3n) is 7.41. The fourth-order valence-electron chi connectivity index (χ4n) is 6.69. The SMILES string of the molecule is CC[C@H](NC(=O)Cn1nnc(-c2ccc(Cl)cc2)n1)C12CC3CC(CC(C3)C1)C2. The summed E-state index contributed by atoms with van der Waals surface area (Å²) in [5, 5.41) is 16.5. The Morgan fingerprint density at radius 2 is 1.79 bits per heavy atom. The number of hydrogen-bond donors (Lipinski definition) is 1. The Labute approximate surface area is 176 Å². The molecule has 0 radical (unpaired) electrons. The van der Waals surface area contributed by atoms with E-state index in [1.54, 1.807) is 12.1 Å². The maximum absolute atomic E-state index is 12.8. The van der Waals surface area contributed by atoms with E-state index in [-0.39, 0.29) is 18.5 Å². The number of nitrogens with one attached hydrogen (secondary N) is 1. The monoisotopic (exact) mass is 413 g/mol. The van der Waals surface area contributed by atoms with Gasteiger partial charge in [-0.15, -0.1) is 10.2 Å². The highest BCUT2D eigenvalue weighted by Gasteiger charge is 2.54. The molecule has 4 aliphatic rings. The lowest BCUT2D eigenvalue weighted by Crippen LogP contribution is -2.57. The van der Waals surface area contributed by atoms with Gasteiger partial charge in [-0.25, -0.2) is 0 Å². The third-order valence-corrected chi connectivity index (χ3v) is 7.66. The number of aromatic nitrogens is 4. The van der Waals surface area contributed by atoms with E-state index in [9.17, 15) is 4.79 Å². The Morgan fingerprint density at radius 1 is 1.17 bits per heavy atom. The minimum atomic E-state index is -0.0207. The topological polar surface area (TPSA) is 72.7 Å². The number of halogens is 1. The van der Waals surface area contributed by atoms with Crippen LogP contribution in [0.5, 0.6) is 0 Å². The van der Waals surface area contributed by atoms with E-state index < -0.39 is 0 Å². The second-order valence-corrected chi connectivity index (χ2v) is 9.90. The van der Waals surface area contributed by atoms with Gasteiger partial charge in [-0.2, -0.15) is 4.80 Å². The second-order valence-electron chi connectivity index (χ2n) is 9.46. The van der Waals surface area contributed by atoms with Crippen LogP contribution in [0.2, 0.25) is 5.02 Å². The fourth-order valence-corrected chi connectivity index (χ4v) is 6.81. The van der Waals surface area contributed by atoms with Gasteiger partial charge in [0.15, 0.2) is 0 Å². The molecule has 7 heteroatoms. The van der Waals surface area contributed by atoms with Crippen LogP contribution in [-0.4, -0.2) is 32.2 Å². The van der Waals surface area contributed by atoms with Crippen molar-refractivity contribution in [2.45, 2.75) is 64.5 Å². The van der Waals surface area contributed by atoms with E-state index in [4.69, 9.17) is 11.6 Å². The number of carbonyl (C=O) groups excluding carboxylic acids is 1. The first-order valence-corrected chi connectivity index (χ1v) is 11.2. The van der Waals surface area contributed by atoms with Crippen molar-refractivity contribution in [1.82, 2.24) is 25.5 Å². The van der Waals surface area contributed by atoms with Gasteiger partial charge in [0.1, 0.15) is 6.54 Å². The van der Waals surface area contributed by atoms with Crippen molar-refractivity contribution in [3.05, 3.63) is 29.3 Å². The highest BCUT2D eigenvalue weighted by atomic mass is 35.5. The number of rotatable bonds is 6. The van der Waals surface area contributed by atoms with Crippen LogP contribution >= 0.6 is 11.6 Å². The van der Waals surface area contributed by atoms with Crippen molar-refractivity contribution < 1.29 is 4.79 Å². The van der Waals surface area contributed by atoms with Gasteiger partial charge in [-0.1, -0.05) is 18.5 Å². The Morgan fingerprint density at radius 3 is 2.38 bits per heavy atom. The van der Waals surface area contributed by atoms with E-state index >= 15 is 0 Å². The van der Waals surface area contributed by atoms with Gasteiger partial charge >= 0.3 is 0 Å². The van der Waals surface area contributed by atoms with Crippen LogP contribution in [0.4, 0.5) is 0 Å². The van der Waals surface area contributed by atoms with E-state index in [2.05, 4.69) is 27.7 Å².